The number of nitro groups is 1. The minimum absolute atomic E-state index is 0.0108. The van der Waals surface area contributed by atoms with E-state index >= 15 is 0 Å². The van der Waals surface area contributed by atoms with Gasteiger partial charge in [-0.1, -0.05) is 13.0 Å². The van der Waals surface area contributed by atoms with Crippen molar-refractivity contribution >= 4 is 11.4 Å². The highest BCUT2D eigenvalue weighted by Crippen LogP contribution is 2.29. The van der Waals surface area contributed by atoms with Gasteiger partial charge in [0, 0.05) is 6.20 Å². The Balaban J connectivity index is 2.21. The van der Waals surface area contributed by atoms with E-state index in [0.29, 0.717) is 18.0 Å². The Kier molecular flexibility index (Phi) is 4.71. The largest absolute Gasteiger partial charge is 0.496 e. The maximum atomic E-state index is 11.1. The first-order valence-corrected chi connectivity index (χ1v) is 6.64. The zero-order valence-electron chi connectivity index (χ0n) is 12.0. The standard InChI is InChI=1S/C15H17N3O3/c1-3-11-5-4-8-16-14(11)10-17-13-7-6-12(21-2)9-15(13)18(19)20/h4-9,17H,3,10H2,1-2H3. The highest BCUT2D eigenvalue weighted by Gasteiger charge is 2.15. The fourth-order valence-corrected chi connectivity index (χ4v) is 2.07. The smallest absolute Gasteiger partial charge is 0.296 e. The quantitative estimate of drug-likeness (QED) is 0.652. The molecule has 0 aliphatic heterocycles. The predicted molar refractivity (Wildman–Crippen MR) is 80.6 cm³/mol. The van der Waals surface area contributed by atoms with E-state index in [2.05, 4.69) is 17.2 Å². The SMILES string of the molecule is CCc1cccnc1CNc1ccc(OC)cc1[N+](=O)[O-]. The van der Waals surface area contributed by atoms with Gasteiger partial charge in [0.2, 0.25) is 0 Å². The monoisotopic (exact) mass is 287 g/mol. The van der Waals surface area contributed by atoms with Crippen molar-refractivity contribution in [2.75, 3.05) is 12.4 Å². The molecule has 6 heteroatoms. The number of pyridine rings is 1. The zero-order valence-corrected chi connectivity index (χ0v) is 12.0. The Bertz CT molecular complexity index is 644. The topological polar surface area (TPSA) is 77.3 Å². The molecule has 0 saturated heterocycles. The molecule has 1 heterocycles. The number of aromatic nitrogens is 1. The highest BCUT2D eigenvalue weighted by molar-refractivity contribution is 5.64. The summed E-state index contributed by atoms with van der Waals surface area (Å²) < 4.78 is 5.01. The van der Waals surface area contributed by atoms with Crippen LogP contribution in [0.4, 0.5) is 11.4 Å². The van der Waals surface area contributed by atoms with Gasteiger partial charge in [0.15, 0.2) is 0 Å². The van der Waals surface area contributed by atoms with E-state index in [1.165, 1.54) is 13.2 Å². The average Bonchev–Trinajstić information content (AvgIpc) is 2.52. The van der Waals surface area contributed by atoms with Crippen LogP contribution in [-0.4, -0.2) is 17.0 Å². The van der Waals surface area contributed by atoms with Crippen molar-refractivity contribution in [3.63, 3.8) is 0 Å². The summed E-state index contributed by atoms with van der Waals surface area (Å²) >= 11 is 0. The summed E-state index contributed by atoms with van der Waals surface area (Å²) in [7, 11) is 1.48. The summed E-state index contributed by atoms with van der Waals surface area (Å²) in [5, 5.41) is 14.2. The lowest BCUT2D eigenvalue weighted by Crippen LogP contribution is -2.06. The molecule has 1 aromatic carbocycles. The van der Waals surface area contributed by atoms with E-state index in [9.17, 15) is 10.1 Å². The van der Waals surface area contributed by atoms with E-state index in [-0.39, 0.29) is 5.69 Å². The van der Waals surface area contributed by atoms with Crippen LogP contribution in [0.1, 0.15) is 18.2 Å². The minimum Gasteiger partial charge on any atom is -0.496 e. The van der Waals surface area contributed by atoms with Crippen LogP contribution < -0.4 is 10.1 Å². The van der Waals surface area contributed by atoms with Crippen molar-refractivity contribution in [1.82, 2.24) is 4.98 Å². The first kappa shape index (κ1) is 14.8. The molecule has 2 rings (SSSR count). The van der Waals surface area contributed by atoms with Gasteiger partial charge in [-0.3, -0.25) is 15.1 Å². The van der Waals surface area contributed by atoms with Crippen LogP contribution in [0.25, 0.3) is 0 Å². The lowest BCUT2D eigenvalue weighted by Gasteiger charge is -2.10. The predicted octanol–water partition coefficient (Wildman–Crippen LogP) is 3.17. The number of nitrogens with zero attached hydrogens (tertiary/aromatic N) is 2. The molecular weight excluding hydrogens is 270 g/mol. The number of anilines is 1. The third kappa shape index (κ3) is 3.47. The fraction of sp³-hybridized carbons (Fsp3) is 0.267. The van der Waals surface area contributed by atoms with E-state index in [4.69, 9.17) is 4.74 Å². The maximum absolute atomic E-state index is 11.1. The Morgan fingerprint density at radius 3 is 2.86 bits per heavy atom. The minimum atomic E-state index is -0.427. The van der Waals surface area contributed by atoms with E-state index in [0.717, 1.165) is 17.7 Å². The molecule has 0 fully saturated rings. The van der Waals surface area contributed by atoms with Gasteiger partial charge in [0.05, 0.1) is 30.3 Å². The fourth-order valence-electron chi connectivity index (χ4n) is 2.07. The Labute approximate surface area is 122 Å². The van der Waals surface area contributed by atoms with Crippen molar-refractivity contribution in [3.05, 3.63) is 57.9 Å². The van der Waals surface area contributed by atoms with E-state index < -0.39 is 4.92 Å². The van der Waals surface area contributed by atoms with Crippen molar-refractivity contribution in [1.29, 1.82) is 0 Å². The zero-order chi connectivity index (χ0) is 15.2. The van der Waals surface area contributed by atoms with Gasteiger partial charge in [-0.05, 0) is 30.2 Å². The third-order valence-corrected chi connectivity index (χ3v) is 3.21. The lowest BCUT2D eigenvalue weighted by atomic mass is 10.1. The van der Waals surface area contributed by atoms with E-state index in [1.807, 2.05) is 12.1 Å². The number of methoxy groups -OCH3 is 1. The first-order chi connectivity index (χ1) is 10.2. The Morgan fingerprint density at radius 2 is 2.19 bits per heavy atom. The second-order valence-electron chi connectivity index (χ2n) is 4.46. The van der Waals surface area contributed by atoms with Gasteiger partial charge in [-0.2, -0.15) is 0 Å². The summed E-state index contributed by atoms with van der Waals surface area (Å²) in [6.45, 7) is 2.49. The van der Waals surface area contributed by atoms with Gasteiger partial charge < -0.3 is 10.1 Å². The molecule has 2 aromatic rings. The molecule has 0 unspecified atom stereocenters. The lowest BCUT2D eigenvalue weighted by molar-refractivity contribution is -0.384. The number of hydrogen-bond donors (Lipinski definition) is 1. The summed E-state index contributed by atoms with van der Waals surface area (Å²) in [6.07, 6.45) is 2.59. The van der Waals surface area contributed by atoms with Gasteiger partial charge >= 0.3 is 0 Å². The summed E-state index contributed by atoms with van der Waals surface area (Å²) in [5.74, 6) is 0.458. The number of ether oxygens (including phenoxy) is 1. The molecule has 1 aromatic heterocycles. The molecule has 0 saturated carbocycles. The number of nitro benzene ring substituents is 1. The summed E-state index contributed by atoms with van der Waals surface area (Å²) in [6, 6.07) is 8.63. The molecule has 1 N–H and O–H groups in total. The Morgan fingerprint density at radius 1 is 1.38 bits per heavy atom. The van der Waals surface area contributed by atoms with Crippen LogP contribution in [0.3, 0.4) is 0 Å². The second kappa shape index (κ2) is 6.69. The van der Waals surface area contributed by atoms with Gasteiger partial charge in [0.25, 0.3) is 5.69 Å². The highest BCUT2D eigenvalue weighted by atomic mass is 16.6. The van der Waals surface area contributed by atoms with Crippen LogP contribution in [0.2, 0.25) is 0 Å². The van der Waals surface area contributed by atoms with Crippen LogP contribution in [0, 0.1) is 10.1 Å². The number of benzene rings is 1. The van der Waals surface area contributed by atoms with Crippen LogP contribution in [0.5, 0.6) is 5.75 Å². The summed E-state index contributed by atoms with van der Waals surface area (Å²) in [5.41, 5.74) is 2.46. The summed E-state index contributed by atoms with van der Waals surface area (Å²) in [4.78, 5) is 15.0. The Hall–Kier alpha value is -2.63. The molecule has 0 aliphatic rings. The molecule has 0 bridgehead atoms. The molecule has 0 radical (unpaired) electrons. The maximum Gasteiger partial charge on any atom is 0.296 e. The normalized spacial score (nSPS) is 10.2. The molecular formula is C15H17N3O3. The molecule has 0 amide bonds. The average molecular weight is 287 g/mol. The van der Waals surface area contributed by atoms with E-state index in [1.54, 1.807) is 18.3 Å². The van der Waals surface area contributed by atoms with Gasteiger partial charge in [-0.15, -0.1) is 0 Å². The first-order valence-electron chi connectivity index (χ1n) is 6.64. The second-order valence-corrected chi connectivity index (χ2v) is 4.46. The molecule has 0 atom stereocenters. The van der Waals surface area contributed by atoms with Crippen LogP contribution in [-0.2, 0) is 13.0 Å². The molecule has 110 valence electrons. The van der Waals surface area contributed by atoms with Crippen LogP contribution >= 0.6 is 0 Å². The molecule has 21 heavy (non-hydrogen) atoms. The van der Waals surface area contributed by atoms with Crippen molar-refractivity contribution < 1.29 is 9.66 Å². The van der Waals surface area contributed by atoms with Crippen molar-refractivity contribution in [2.24, 2.45) is 0 Å². The van der Waals surface area contributed by atoms with Crippen molar-refractivity contribution in [2.45, 2.75) is 19.9 Å². The van der Waals surface area contributed by atoms with Crippen molar-refractivity contribution in [3.8, 4) is 5.75 Å². The number of rotatable bonds is 6. The molecule has 0 spiro atoms. The number of nitrogens with one attached hydrogen (secondary N) is 1. The van der Waals surface area contributed by atoms with Gasteiger partial charge in [0.1, 0.15) is 11.4 Å². The van der Waals surface area contributed by atoms with Gasteiger partial charge in [-0.25, -0.2) is 0 Å². The molecule has 6 nitrogen and oxygen atoms in total. The third-order valence-electron chi connectivity index (χ3n) is 3.21. The molecule has 0 aliphatic carbocycles. The number of aryl methyl sites for hydroxylation is 1. The van der Waals surface area contributed by atoms with Crippen LogP contribution in [0.15, 0.2) is 36.5 Å². The number of hydrogen-bond acceptors (Lipinski definition) is 5.